The number of hydrogen-bond acceptors (Lipinski definition) is 4. The molecule has 0 radical (unpaired) electrons. The highest BCUT2D eigenvalue weighted by atomic mass is 16.1. The van der Waals surface area contributed by atoms with Crippen LogP contribution in [0.2, 0.25) is 0 Å². The summed E-state index contributed by atoms with van der Waals surface area (Å²) in [6.45, 7) is 8.84. The van der Waals surface area contributed by atoms with Crippen molar-refractivity contribution in [2.45, 2.75) is 46.1 Å². The number of para-hydroxylation sites is 1. The Bertz CT molecular complexity index is 728. The van der Waals surface area contributed by atoms with Crippen LogP contribution < -0.4 is 0 Å². The summed E-state index contributed by atoms with van der Waals surface area (Å²) >= 11 is 0. The maximum Gasteiger partial charge on any atom is 0.240 e. The molecule has 0 bridgehead atoms. The van der Waals surface area contributed by atoms with Crippen molar-refractivity contribution in [1.29, 1.82) is 0 Å². The molecule has 2 rings (SSSR count). The molecule has 0 atom stereocenters. The Morgan fingerprint density at radius 1 is 0.800 bits per heavy atom. The van der Waals surface area contributed by atoms with Gasteiger partial charge in [0.1, 0.15) is 0 Å². The molecule has 0 aromatic heterocycles. The van der Waals surface area contributed by atoms with Gasteiger partial charge >= 0.3 is 0 Å². The molecule has 0 amide bonds. The zero-order valence-corrected chi connectivity index (χ0v) is 15.2. The molecule has 0 saturated heterocycles. The summed E-state index contributed by atoms with van der Waals surface area (Å²) in [6, 6.07) is 15.6. The summed E-state index contributed by atoms with van der Waals surface area (Å²) in [7, 11) is 0. The fourth-order valence-corrected chi connectivity index (χ4v) is 2.39. The summed E-state index contributed by atoms with van der Waals surface area (Å²) in [5, 5.41) is 0. The van der Waals surface area contributed by atoms with Crippen molar-refractivity contribution in [3.8, 4) is 0 Å². The lowest BCUT2D eigenvalue weighted by Gasteiger charge is -2.14. The van der Waals surface area contributed by atoms with Crippen molar-refractivity contribution < 1.29 is 9.59 Å². The van der Waals surface area contributed by atoms with Crippen LogP contribution in [0.15, 0.2) is 58.5 Å². The van der Waals surface area contributed by atoms with Gasteiger partial charge in [-0.25, -0.2) is 14.6 Å². The minimum atomic E-state index is 0.371. The number of benzene rings is 2. The van der Waals surface area contributed by atoms with Crippen LogP contribution in [0.1, 0.15) is 56.2 Å². The lowest BCUT2D eigenvalue weighted by molar-refractivity contribution is 0.562. The van der Waals surface area contributed by atoms with E-state index in [0.717, 1.165) is 22.4 Å². The molecule has 0 saturated carbocycles. The Balaban J connectivity index is 0.000000271. The zero-order chi connectivity index (χ0) is 18.7. The van der Waals surface area contributed by atoms with E-state index in [9.17, 15) is 9.59 Å². The van der Waals surface area contributed by atoms with E-state index in [1.165, 1.54) is 6.08 Å². The van der Waals surface area contributed by atoms with E-state index in [4.69, 9.17) is 0 Å². The number of isocyanates is 2. The predicted molar refractivity (Wildman–Crippen MR) is 101 cm³/mol. The molecular weight excluding hydrogens is 312 g/mol. The number of nitrogens with zero attached hydrogens (tertiary/aromatic N) is 2. The van der Waals surface area contributed by atoms with Crippen molar-refractivity contribution in [3.05, 3.63) is 65.2 Å². The van der Waals surface area contributed by atoms with E-state index in [2.05, 4.69) is 37.7 Å². The Kier molecular flexibility index (Phi) is 8.81. The second-order valence-electron chi connectivity index (χ2n) is 6.19. The molecule has 130 valence electrons. The third kappa shape index (κ3) is 6.68. The van der Waals surface area contributed by atoms with Gasteiger partial charge in [-0.15, -0.1) is 0 Å². The molecule has 4 heteroatoms. The number of aliphatic imine (C=N–C) groups is 2. The first-order chi connectivity index (χ1) is 12.0. The fraction of sp³-hybridized carbons (Fsp3) is 0.333. The van der Waals surface area contributed by atoms with Gasteiger partial charge in [0.25, 0.3) is 0 Å². The van der Waals surface area contributed by atoms with Crippen LogP contribution in [-0.2, 0) is 16.1 Å². The average molecular weight is 336 g/mol. The normalized spacial score (nSPS) is 9.68. The summed E-state index contributed by atoms with van der Waals surface area (Å²) in [5.41, 5.74) is 4.07. The molecular formula is C21H24N2O2. The van der Waals surface area contributed by atoms with Gasteiger partial charge in [0.05, 0.1) is 12.2 Å². The summed E-state index contributed by atoms with van der Waals surface area (Å²) in [6.07, 6.45) is 3.14. The van der Waals surface area contributed by atoms with E-state index in [1.807, 2.05) is 48.5 Å². The van der Waals surface area contributed by atoms with Crippen LogP contribution in [0.3, 0.4) is 0 Å². The van der Waals surface area contributed by atoms with Gasteiger partial charge in [0.2, 0.25) is 12.2 Å². The first kappa shape index (κ1) is 20.2. The average Bonchev–Trinajstić information content (AvgIpc) is 2.61. The number of carbonyl (C=O) groups excluding carboxylic acids is 2. The molecule has 0 unspecified atom stereocenters. The van der Waals surface area contributed by atoms with Crippen LogP contribution in [0, 0.1) is 0 Å². The van der Waals surface area contributed by atoms with Gasteiger partial charge < -0.3 is 0 Å². The minimum Gasteiger partial charge on any atom is -0.211 e. The van der Waals surface area contributed by atoms with Crippen LogP contribution in [-0.4, -0.2) is 12.2 Å². The first-order valence-corrected chi connectivity index (χ1v) is 8.29. The highest BCUT2D eigenvalue weighted by molar-refractivity contribution is 5.60. The highest BCUT2D eigenvalue weighted by Gasteiger charge is 2.12. The van der Waals surface area contributed by atoms with E-state index in [1.54, 1.807) is 6.08 Å². The number of hydrogen-bond donors (Lipinski definition) is 0. The van der Waals surface area contributed by atoms with Gasteiger partial charge in [-0.1, -0.05) is 76.2 Å². The largest absolute Gasteiger partial charge is 0.240 e. The van der Waals surface area contributed by atoms with Crippen LogP contribution in [0.25, 0.3) is 0 Å². The second-order valence-corrected chi connectivity index (χ2v) is 6.19. The smallest absolute Gasteiger partial charge is 0.211 e. The molecule has 0 fully saturated rings. The second kappa shape index (κ2) is 10.9. The van der Waals surface area contributed by atoms with Gasteiger partial charge in [-0.3, -0.25) is 0 Å². The van der Waals surface area contributed by atoms with Gasteiger partial charge in [-0.05, 0) is 28.5 Å². The van der Waals surface area contributed by atoms with Crippen molar-refractivity contribution in [3.63, 3.8) is 0 Å². The van der Waals surface area contributed by atoms with Crippen molar-refractivity contribution >= 4 is 17.8 Å². The van der Waals surface area contributed by atoms with Gasteiger partial charge in [0.15, 0.2) is 0 Å². The molecule has 0 aliphatic rings. The Hall–Kier alpha value is -2.80. The topological polar surface area (TPSA) is 58.9 Å². The summed E-state index contributed by atoms with van der Waals surface area (Å²) in [4.78, 5) is 27.4. The van der Waals surface area contributed by atoms with Crippen LogP contribution in [0.5, 0.6) is 0 Å². The van der Waals surface area contributed by atoms with Crippen LogP contribution in [0.4, 0.5) is 5.69 Å². The zero-order valence-electron chi connectivity index (χ0n) is 15.2. The predicted octanol–water partition coefficient (Wildman–Crippen LogP) is 5.42. The maximum absolute atomic E-state index is 10.4. The molecule has 25 heavy (non-hydrogen) atoms. The third-order valence-electron chi connectivity index (χ3n) is 3.67. The SMILES string of the molecule is CC(C)c1cccc(C(C)C)c1N=C=O.O=C=NCc1ccccc1. The van der Waals surface area contributed by atoms with E-state index < -0.39 is 0 Å². The molecule has 4 nitrogen and oxygen atoms in total. The number of rotatable bonds is 5. The lowest BCUT2D eigenvalue weighted by Crippen LogP contribution is -1.94. The van der Waals surface area contributed by atoms with Crippen LogP contribution >= 0.6 is 0 Å². The Labute approximate surface area is 149 Å². The van der Waals surface area contributed by atoms with E-state index in [0.29, 0.717) is 18.4 Å². The molecule has 2 aromatic rings. The minimum absolute atomic E-state index is 0.371. The quantitative estimate of drug-likeness (QED) is 0.540. The Morgan fingerprint density at radius 3 is 1.80 bits per heavy atom. The summed E-state index contributed by atoms with van der Waals surface area (Å²) in [5.74, 6) is 0.742. The molecule has 0 N–H and O–H groups in total. The fourth-order valence-electron chi connectivity index (χ4n) is 2.39. The van der Waals surface area contributed by atoms with E-state index >= 15 is 0 Å². The third-order valence-corrected chi connectivity index (χ3v) is 3.67. The van der Waals surface area contributed by atoms with E-state index in [-0.39, 0.29) is 0 Å². The first-order valence-electron chi connectivity index (χ1n) is 8.29. The molecule has 0 aliphatic carbocycles. The molecule has 0 heterocycles. The monoisotopic (exact) mass is 336 g/mol. The Morgan fingerprint density at radius 2 is 1.36 bits per heavy atom. The highest BCUT2D eigenvalue weighted by Crippen LogP contribution is 2.34. The molecule has 0 aliphatic heterocycles. The van der Waals surface area contributed by atoms with Gasteiger partial charge in [0, 0.05) is 0 Å². The van der Waals surface area contributed by atoms with Crippen molar-refractivity contribution in [2.75, 3.05) is 0 Å². The summed E-state index contributed by atoms with van der Waals surface area (Å²) < 4.78 is 0. The van der Waals surface area contributed by atoms with Crippen molar-refractivity contribution in [1.82, 2.24) is 0 Å². The lowest BCUT2D eigenvalue weighted by atomic mass is 9.93. The maximum atomic E-state index is 10.4. The van der Waals surface area contributed by atoms with Crippen molar-refractivity contribution in [2.24, 2.45) is 9.98 Å². The molecule has 0 spiro atoms. The standard InChI is InChI=1S/C13H17NO.C8H7NO/c1-9(2)11-6-5-7-12(10(3)4)13(11)14-8-15;10-7-9-6-8-4-2-1-3-5-8/h5-7,9-10H,1-4H3;1-5H,6H2. The molecule has 2 aromatic carbocycles. The van der Waals surface area contributed by atoms with Gasteiger partial charge in [-0.2, -0.15) is 4.99 Å².